The van der Waals surface area contributed by atoms with Gasteiger partial charge >= 0.3 is 0 Å². The van der Waals surface area contributed by atoms with E-state index in [1.165, 1.54) is 6.07 Å². The maximum absolute atomic E-state index is 9.54. The predicted molar refractivity (Wildman–Crippen MR) is 100 cm³/mol. The molecule has 2 rings (SSSR count). The number of benzene rings is 2. The minimum absolute atomic E-state index is 0.0254. The number of ether oxygens (including phenoxy) is 1. The standard InChI is InChI=1S/C18H14BrN5O/c1-2-9-25-17-10-13(11-20)7-8-16(17)24(12-21)18(22)23-15-6-4-3-5-14(15)19/h2-8,10H,1,9H2,(H2,22,23). The molecule has 6 nitrogen and oxygen atoms in total. The van der Waals surface area contributed by atoms with Crippen molar-refractivity contribution in [2.75, 3.05) is 11.5 Å². The Morgan fingerprint density at radius 3 is 2.72 bits per heavy atom. The fourth-order valence-electron chi connectivity index (χ4n) is 1.98. The molecule has 0 aliphatic heterocycles. The van der Waals surface area contributed by atoms with Crippen LogP contribution in [0, 0.1) is 22.8 Å². The molecule has 2 N–H and O–H groups in total. The molecule has 0 saturated heterocycles. The van der Waals surface area contributed by atoms with Gasteiger partial charge in [-0.3, -0.25) is 0 Å². The van der Waals surface area contributed by atoms with E-state index in [-0.39, 0.29) is 12.6 Å². The van der Waals surface area contributed by atoms with E-state index >= 15 is 0 Å². The first-order valence-electron chi connectivity index (χ1n) is 7.17. The first-order valence-corrected chi connectivity index (χ1v) is 7.96. The van der Waals surface area contributed by atoms with Gasteiger partial charge in [0.15, 0.2) is 6.19 Å². The summed E-state index contributed by atoms with van der Waals surface area (Å²) in [4.78, 5) is 5.42. The van der Waals surface area contributed by atoms with Gasteiger partial charge in [-0.1, -0.05) is 24.8 Å². The summed E-state index contributed by atoms with van der Waals surface area (Å²) < 4.78 is 6.30. The molecule has 25 heavy (non-hydrogen) atoms. The van der Waals surface area contributed by atoms with Crippen LogP contribution in [0.15, 0.2) is 64.6 Å². The Bertz CT molecular complexity index is 895. The molecule has 7 heteroatoms. The van der Waals surface area contributed by atoms with Crippen molar-refractivity contribution in [3.8, 4) is 18.0 Å². The van der Waals surface area contributed by atoms with Crippen molar-refractivity contribution < 1.29 is 4.74 Å². The summed E-state index contributed by atoms with van der Waals surface area (Å²) in [5, 5.41) is 18.6. The lowest BCUT2D eigenvalue weighted by Crippen LogP contribution is -2.33. The van der Waals surface area contributed by atoms with Gasteiger partial charge < -0.3 is 10.5 Å². The summed E-state index contributed by atoms with van der Waals surface area (Å²) in [7, 11) is 0. The van der Waals surface area contributed by atoms with E-state index in [1.54, 1.807) is 24.3 Å². The molecular weight excluding hydrogens is 382 g/mol. The summed E-state index contributed by atoms with van der Waals surface area (Å²) in [5.74, 6) is 0.313. The Kier molecular flexibility index (Phi) is 6.16. The number of nitrogens with zero attached hydrogens (tertiary/aromatic N) is 4. The van der Waals surface area contributed by atoms with Gasteiger partial charge in [-0.2, -0.15) is 10.5 Å². The average molecular weight is 396 g/mol. The molecule has 0 aromatic heterocycles. The van der Waals surface area contributed by atoms with Crippen molar-refractivity contribution in [3.05, 3.63) is 65.2 Å². The Hall–Kier alpha value is -3.29. The van der Waals surface area contributed by atoms with Crippen LogP contribution >= 0.6 is 15.9 Å². The SMILES string of the molecule is C=CCOc1cc(C#N)ccc1N(C#N)C(N)=Nc1ccccc1Br. The number of nitrogens with two attached hydrogens (primary N) is 1. The highest BCUT2D eigenvalue weighted by Gasteiger charge is 2.17. The molecule has 124 valence electrons. The third-order valence-electron chi connectivity index (χ3n) is 3.10. The number of hydrogen-bond donors (Lipinski definition) is 1. The number of anilines is 1. The fraction of sp³-hybridized carbons (Fsp3) is 0.0556. The molecule has 0 unspecified atom stereocenters. The smallest absolute Gasteiger partial charge is 0.214 e. The highest BCUT2D eigenvalue weighted by molar-refractivity contribution is 9.10. The molecule has 0 saturated carbocycles. The second kappa shape index (κ2) is 8.53. The monoisotopic (exact) mass is 395 g/mol. The Labute approximate surface area is 154 Å². The molecule has 0 fully saturated rings. The number of nitriles is 2. The van der Waals surface area contributed by atoms with E-state index in [4.69, 9.17) is 15.7 Å². The minimum atomic E-state index is -0.0254. The maximum Gasteiger partial charge on any atom is 0.214 e. The largest absolute Gasteiger partial charge is 0.487 e. The van der Waals surface area contributed by atoms with Crippen molar-refractivity contribution >= 4 is 33.3 Å². The summed E-state index contributed by atoms with van der Waals surface area (Å²) in [5.41, 5.74) is 7.40. The zero-order valence-corrected chi connectivity index (χ0v) is 14.8. The maximum atomic E-state index is 9.54. The highest BCUT2D eigenvalue weighted by Crippen LogP contribution is 2.30. The Morgan fingerprint density at radius 1 is 1.32 bits per heavy atom. The first-order chi connectivity index (χ1) is 12.1. The van der Waals surface area contributed by atoms with Gasteiger partial charge in [0.05, 0.1) is 17.3 Å². The predicted octanol–water partition coefficient (Wildman–Crippen LogP) is 3.82. The van der Waals surface area contributed by atoms with Crippen LogP contribution in [0.4, 0.5) is 11.4 Å². The number of hydrogen-bond acceptors (Lipinski definition) is 4. The molecule has 0 spiro atoms. The summed E-state index contributed by atoms with van der Waals surface area (Å²) in [6.07, 6.45) is 3.55. The zero-order chi connectivity index (χ0) is 18.2. The van der Waals surface area contributed by atoms with Crippen LogP contribution in [0.2, 0.25) is 0 Å². The number of guanidine groups is 1. The molecule has 2 aromatic rings. The molecule has 0 aliphatic rings. The van der Waals surface area contributed by atoms with E-state index < -0.39 is 0 Å². The second-order valence-electron chi connectivity index (χ2n) is 4.75. The van der Waals surface area contributed by atoms with Crippen LogP contribution < -0.4 is 15.4 Å². The summed E-state index contributed by atoms with van der Waals surface area (Å²) in [6, 6.07) is 14.0. The topological polar surface area (TPSA) is 98.4 Å². The van der Waals surface area contributed by atoms with Gasteiger partial charge in [0.2, 0.25) is 5.96 Å². The molecule has 0 heterocycles. The van der Waals surface area contributed by atoms with Crippen molar-refractivity contribution in [1.29, 1.82) is 10.5 Å². The molecular formula is C18H14BrN5O. The number of aliphatic imine (C=N–C) groups is 1. The number of halogens is 1. The Morgan fingerprint density at radius 2 is 2.08 bits per heavy atom. The highest BCUT2D eigenvalue weighted by atomic mass is 79.9. The molecule has 0 radical (unpaired) electrons. The van der Waals surface area contributed by atoms with E-state index in [0.29, 0.717) is 22.7 Å². The van der Waals surface area contributed by atoms with E-state index in [9.17, 15) is 5.26 Å². The van der Waals surface area contributed by atoms with E-state index in [2.05, 4.69) is 27.5 Å². The lowest BCUT2D eigenvalue weighted by molar-refractivity contribution is 0.364. The van der Waals surface area contributed by atoms with Gasteiger partial charge in [-0.25, -0.2) is 9.89 Å². The summed E-state index contributed by atoms with van der Waals surface area (Å²) in [6.45, 7) is 3.82. The van der Waals surface area contributed by atoms with E-state index in [0.717, 1.165) is 9.37 Å². The lowest BCUT2D eigenvalue weighted by Gasteiger charge is -2.18. The zero-order valence-electron chi connectivity index (χ0n) is 13.2. The third kappa shape index (κ3) is 4.37. The van der Waals surface area contributed by atoms with Gasteiger partial charge in [0.25, 0.3) is 0 Å². The van der Waals surface area contributed by atoms with Gasteiger partial charge in [-0.05, 0) is 40.2 Å². The van der Waals surface area contributed by atoms with Gasteiger partial charge in [0.1, 0.15) is 18.0 Å². The van der Waals surface area contributed by atoms with Crippen LogP contribution in [0.25, 0.3) is 0 Å². The number of rotatable bonds is 5. The van der Waals surface area contributed by atoms with Crippen LogP contribution in [0.5, 0.6) is 5.75 Å². The Balaban J connectivity index is 2.47. The van der Waals surface area contributed by atoms with Crippen LogP contribution in [-0.4, -0.2) is 12.6 Å². The number of para-hydroxylation sites is 1. The lowest BCUT2D eigenvalue weighted by atomic mass is 10.2. The van der Waals surface area contributed by atoms with Crippen molar-refractivity contribution in [1.82, 2.24) is 0 Å². The normalized spacial score (nSPS) is 10.4. The van der Waals surface area contributed by atoms with Crippen molar-refractivity contribution in [2.45, 2.75) is 0 Å². The quantitative estimate of drug-likeness (QED) is 0.272. The molecule has 0 aliphatic carbocycles. The average Bonchev–Trinajstić information content (AvgIpc) is 2.63. The second-order valence-corrected chi connectivity index (χ2v) is 5.61. The van der Waals surface area contributed by atoms with Crippen molar-refractivity contribution in [3.63, 3.8) is 0 Å². The molecule has 2 aromatic carbocycles. The van der Waals surface area contributed by atoms with E-state index in [1.807, 2.05) is 30.5 Å². The van der Waals surface area contributed by atoms with Crippen molar-refractivity contribution in [2.24, 2.45) is 10.7 Å². The third-order valence-corrected chi connectivity index (χ3v) is 3.77. The molecule has 0 atom stereocenters. The van der Waals surface area contributed by atoms with Crippen LogP contribution in [0.1, 0.15) is 5.56 Å². The molecule has 0 amide bonds. The van der Waals surface area contributed by atoms with Crippen LogP contribution in [-0.2, 0) is 0 Å². The first kappa shape index (κ1) is 18.1. The van der Waals surface area contributed by atoms with Gasteiger partial charge in [0, 0.05) is 10.5 Å². The summed E-state index contributed by atoms with van der Waals surface area (Å²) >= 11 is 3.38. The minimum Gasteiger partial charge on any atom is -0.487 e. The molecule has 0 bridgehead atoms. The van der Waals surface area contributed by atoms with Gasteiger partial charge in [-0.15, -0.1) is 0 Å². The van der Waals surface area contributed by atoms with Crippen LogP contribution in [0.3, 0.4) is 0 Å². The fourth-order valence-corrected chi connectivity index (χ4v) is 2.35.